The molecule has 1 atom stereocenters. The number of ether oxygens (including phenoxy) is 1. The van der Waals surface area contributed by atoms with E-state index in [1.54, 1.807) is 17.4 Å². The van der Waals surface area contributed by atoms with E-state index >= 15 is 0 Å². The summed E-state index contributed by atoms with van der Waals surface area (Å²) < 4.78 is 6.24. The zero-order chi connectivity index (χ0) is 24.2. The van der Waals surface area contributed by atoms with Gasteiger partial charge in [0.25, 0.3) is 0 Å². The Balaban J connectivity index is 1.31. The molecule has 1 heterocycles. The Hall–Kier alpha value is -2.66. The molecule has 2 saturated carbocycles. The molecule has 35 heavy (non-hydrogen) atoms. The summed E-state index contributed by atoms with van der Waals surface area (Å²) in [7, 11) is 0. The Morgan fingerprint density at radius 2 is 1.80 bits per heavy atom. The van der Waals surface area contributed by atoms with Gasteiger partial charge in [0, 0.05) is 16.9 Å². The zero-order valence-electron chi connectivity index (χ0n) is 20.5. The van der Waals surface area contributed by atoms with Crippen LogP contribution >= 0.6 is 11.3 Å². The summed E-state index contributed by atoms with van der Waals surface area (Å²) in [6.07, 6.45) is 11.0. The normalized spacial score (nSPS) is 21.6. The van der Waals surface area contributed by atoms with Gasteiger partial charge in [-0.2, -0.15) is 0 Å². The van der Waals surface area contributed by atoms with Crippen molar-refractivity contribution >= 4 is 17.3 Å². The van der Waals surface area contributed by atoms with Crippen molar-refractivity contribution in [1.82, 2.24) is 4.98 Å². The second kappa shape index (κ2) is 10.9. The number of carbonyl (C=O) groups is 1. The van der Waals surface area contributed by atoms with Crippen LogP contribution in [0.25, 0.3) is 11.3 Å². The van der Waals surface area contributed by atoms with Gasteiger partial charge >= 0.3 is 5.97 Å². The highest BCUT2D eigenvalue weighted by atomic mass is 32.1. The summed E-state index contributed by atoms with van der Waals surface area (Å²) in [6, 6.07) is 15.8. The molecule has 0 aliphatic heterocycles. The number of aromatic nitrogens is 1. The van der Waals surface area contributed by atoms with Crippen LogP contribution in [-0.2, 0) is 6.42 Å². The second-order valence-electron chi connectivity index (χ2n) is 10.5. The molecule has 2 aromatic carbocycles. The highest BCUT2D eigenvalue weighted by molar-refractivity contribution is 7.10. The minimum absolute atomic E-state index is 0.330. The molecule has 0 spiro atoms. The average Bonchev–Trinajstić information content (AvgIpc) is 3.58. The Kier molecular flexibility index (Phi) is 7.52. The molecule has 184 valence electrons. The standard InChI is InChI=1S/C30H35NO3S/c1-20-9-13-25(14-10-20)34-26-15-11-23(12-16-26)28-19-35-29(31-28)27(22-6-2-3-7-22)18-21-5-4-8-24(17-21)30(32)33/h4-5,8,11-12,15-17,19-20,22,25,27H,2-3,6-7,9-10,13-14,18H2,1H3,(H,32,33). The lowest BCUT2D eigenvalue weighted by Crippen LogP contribution is -2.22. The van der Waals surface area contributed by atoms with Crippen LogP contribution in [0.15, 0.2) is 53.9 Å². The maximum absolute atomic E-state index is 11.5. The summed E-state index contributed by atoms with van der Waals surface area (Å²) in [4.78, 5) is 16.5. The zero-order valence-corrected chi connectivity index (χ0v) is 21.3. The number of carboxylic acids is 1. The van der Waals surface area contributed by atoms with Crippen molar-refractivity contribution < 1.29 is 14.6 Å². The highest BCUT2D eigenvalue weighted by Gasteiger charge is 2.29. The smallest absolute Gasteiger partial charge is 0.335 e. The molecule has 0 bridgehead atoms. The third kappa shape index (κ3) is 5.95. The van der Waals surface area contributed by atoms with Gasteiger partial charge in [-0.25, -0.2) is 9.78 Å². The monoisotopic (exact) mass is 489 g/mol. The van der Waals surface area contributed by atoms with Crippen molar-refractivity contribution in [3.63, 3.8) is 0 Å². The number of hydrogen-bond donors (Lipinski definition) is 1. The van der Waals surface area contributed by atoms with Crippen LogP contribution < -0.4 is 4.74 Å². The van der Waals surface area contributed by atoms with Gasteiger partial charge < -0.3 is 9.84 Å². The van der Waals surface area contributed by atoms with Crippen LogP contribution in [-0.4, -0.2) is 22.2 Å². The highest BCUT2D eigenvalue weighted by Crippen LogP contribution is 2.41. The molecule has 1 unspecified atom stereocenters. The van der Waals surface area contributed by atoms with E-state index < -0.39 is 5.97 Å². The van der Waals surface area contributed by atoms with E-state index in [1.807, 2.05) is 12.1 Å². The predicted molar refractivity (Wildman–Crippen MR) is 141 cm³/mol. The van der Waals surface area contributed by atoms with E-state index in [0.29, 0.717) is 23.5 Å². The first-order chi connectivity index (χ1) is 17.0. The van der Waals surface area contributed by atoms with E-state index in [2.05, 4.69) is 42.6 Å². The van der Waals surface area contributed by atoms with E-state index in [0.717, 1.165) is 47.8 Å². The number of nitrogens with zero attached hydrogens (tertiary/aromatic N) is 1. The van der Waals surface area contributed by atoms with Crippen LogP contribution in [0.4, 0.5) is 0 Å². The molecular formula is C30H35NO3S. The largest absolute Gasteiger partial charge is 0.490 e. The minimum atomic E-state index is -0.869. The van der Waals surface area contributed by atoms with E-state index in [4.69, 9.17) is 9.72 Å². The molecule has 0 amide bonds. The van der Waals surface area contributed by atoms with Crippen LogP contribution in [0, 0.1) is 11.8 Å². The first-order valence-electron chi connectivity index (χ1n) is 13.1. The van der Waals surface area contributed by atoms with E-state index in [-0.39, 0.29) is 0 Å². The Morgan fingerprint density at radius 3 is 2.51 bits per heavy atom. The number of benzene rings is 2. The van der Waals surface area contributed by atoms with Gasteiger partial charge in [0.05, 0.1) is 22.4 Å². The van der Waals surface area contributed by atoms with Gasteiger partial charge in [0.1, 0.15) is 5.75 Å². The van der Waals surface area contributed by atoms with Crippen LogP contribution in [0.3, 0.4) is 0 Å². The van der Waals surface area contributed by atoms with Crippen LogP contribution in [0.1, 0.15) is 85.1 Å². The number of carboxylic acid groups (broad SMARTS) is 1. The Bertz CT molecular complexity index is 1120. The summed E-state index contributed by atoms with van der Waals surface area (Å²) in [5.74, 6) is 1.84. The fraction of sp³-hybridized carbons (Fsp3) is 0.467. The maximum atomic E-state index is 11.5. The van der Waals surface area contributed by atoms with Gasteiger partial charge in [-0.05, 0) is 98.7 Å². The van der Waals surface area contributed by atoms with Crippen molar-refractivity contribution in [1.29, 1.82) is 0 Å². The molecule has 0 saturated heterocycles. The predicted octanol–water partition coefficient (Wildman–Crippen LogP) is 7.98. The molecule has 3 aromatic rings. The van der Waals surface area contributed by atoms with Gasteiger partial charge in [-0.1, -0.05) is 31.9 Å². The molecular weight excluding hydrogens is 454 g/mol. The Morgan fingerprint density at radius 1 is 1.06 bits per heavy atom. The molecule has 5 heteroatoms. The summed E-state index contributed by atoms with van der Waals surface area (Å²) in [6.45, 7) is 2.33. The van der Waals surface area contributed by atoms with Crippen LogP contribution in [0.5, 0.6) is 5.75 Å². The quantitative estimate of drug-likeness (QED) is 0.348. The van der Waals surface area contributed by atoms with Gasteiger partial charge in [-0.15, -0.1) is 11.3 Å². The molecule has 4 nitrogen and oxygen atoms in total. The fourth-order valence-corrected chi connectivity index (χ4v) is 6.76. The third-order valence-electron chi connectivity index (χ3n) is 7.85. The maximum Gasteiger partial charge on any atom is 0.335 e. The first-order valence-corrected chi connectivity index (χ1v) is 14.0. The molecule has 2 aliphatic rings. The number of rotatable bonds is 8. The van der Waals surface area contributed by atoms with E-state index in [9.17, 15) is 9.90 Å². The number of thiazole rings is 1. The SMILES string of the molecule is CC1CCC(Oc2ccc(-c3csc(C(Cc4cccc(C(=O)O)c4)C4CCCC4)n3)cc2)CC1. The molecule has 1 aromatic heterocycles. The fourth-order valence-electron chi connectivity index (χ4n) is 5.74. The number of aromatic carboxylic acids is 1. The lowest BCUT2D eigenvalue weighted by Gasteiger charge is -2.26. The molecule has 0 radical (unpaired) electrons. The summed E-state index contributed by atoms with van der Waals surface area (Å²) in [5, 5.41) is 12.7. The van der Waals surface area contributed by atoms with Gasteiger partial charge in [-0.3, -0.25) is 0 Å². The summed E-state index contributed by atoms with van der Waals surface area (Å²) in [5.41, 5.74) is 3.58. The lowest BCUT2D eigenvalue weighted by molar-refractivity contribution is 0.0696. The molecule has 1 N–H and O–H groups in total. The van der Waals surface area contributed by atoms with Crippen molar-refractivity contribution in [2.75, 3.05) is 0 Å². The van der Waals surface area contributed by atoms with Gasteiger partial charge in [0.15, 0.2) is 0 Å². The Labute approximate surface area is 212 Å². The third-order valence-corrected chi connectivity index (χ3v) is 8.83. The second-order valence-corrected chi connectivity index (χ2v) is 11.3. The van der Waals surface area contributed by atoms with Gasteiger partial charge in [0.2, 0.25) is 0 Å². The lowest BCUT2D eigenvalue weighted by atomic mass is 9.85. The van der Waals surface area contributed by atoms with Crippen molar-refractivity contribution in [3.8, 4) is 17.0 Å². The van der Waals surface area contributed by atoms with Crippen LogP contribution in [0.2, 0.25) is 0 Å². The van der Waals surface area contributed by atoms with E-state index in [1.165, 1.54) is 43.5 Å². The minimum Gasteiger partial charge on any atom is -0.490 e. The number of hydrogen-bond acceptors (Lipinski definition) is 4. The molecule has 5 rings (SSSR count). The molecule has 2 aliphatic carbocycles. The summed E-state index contributed by atoms with van der Waals surface area (Å²) >= 11 is 1.74. The van der Waals surface area contributed by atoms with Crippen molar-refractivity contribution in [2.24, 2.45) is 11.8 Å². The van der Waals surface area contributed by atoms with Crippen molar-refractivity contribution in [3.05, 3.63) is 70.0 Å². The topological polar surface area (TPSA) is 59.4 Å². The van der Waals surface area contributed by atoms with Crippen molar-refractivity contribution in [2.45, 2.75) is 76.7 Å². The average molecular weight is 490 g/mol. The first kappa shape index (κ1) is 24.1. The molecule has 2 fully saturated rings.